The molecular weight excluding hydrogens is 340 g/mol. The largest absolute Gasteiger partial charge is 0.495 e. The Labute approximate surface area is 130 Å². The summed E-state index contributed by atoms with van der Waals surface area (Å²) in [5.74, 6) is 0.397. The molecule has 0 unspecified atom stereocenters. The molecule has 4 nitrogen and oxygen atoms in total. The summed E-state index contributed by atoms with van der Waals surface area (Å²) in [6, 6.07) is 7.21. The molecule has 20 heavy (non-hydrogen) atoms. The second-order valence-corrected chi connectivity index (χ2v) is 6.23. The number of thiophene rings is 1. The first kappa shape index (κ1) is 14.9. The van der Waals surface area contributed by atoms with Crippen LogP contribution in [-0.4, -0.2) is 25.0 Å². The number of carbonyl (C=O) groups excluding carboxylic acids is 1. The number of nitrogens with two attached hydrogens (primary N) is 1. The number of methoxy groups -OCH3 is 1. The van der Waals surface area contributed by atoms with Crippen molar-refractivity contribution in [3.05, 3.63) is 44.6 Å². The van der Waals surface area contributed by atoms with Gasteiger partial charge in [0.05, 0.1) is 24.9 Å². The van der Waals surface area contributed by atoms with Crippen LogP contribution in [-0.2, 0) is 6.54 Å². The van der Waals surface area contributed by atoms with Crippen molar-refractivity contribution in [2.45, 2.75) is 6.54 Å². The SMILES string of the molecule is COc1cccc(C(=O)N(C)Cc2cc(Br)cs2)c1N. The third-order valence-electron chi connectivity index (χ3n) is 2.88. The molecule has 0 spiro atoms. The van der Waals surface area contributed by atoms with Crippen molar-refractivity contribution in [3.63, 3.8) is 0 Å². The zero-order valence-corrected chi connectivity index (χ0v) is 13.6. The second kappa shape index (κ2) is 6.28. The van der Waals surface area contributed by atoms with Crippen molar-refractivity contribution in [3.8, 4) is 5.75 Å². The first-order valence-corrected chi connectivity index (χ1v) is 7.61. The summed E-state index contributed by atoms with van der Waals surface area (Å²) in [5.41, 5.74) is 6.79. The van der Waals surface area contributed by atoms with E-state index >= 15 is 0 Å². The third kappa shape index (κ3) is 3.13. The van der Waals surface area contributed by atoms with E-state index < -0.39 is 0 Å². The lowest BCUT2D eigenvalue weighted by molar-refractivity contribution is 0.0787. The smallest absolute Gasteiger partial charge is 0.256 e. The van der Waals surface area contributed by atoms with Gasteiger partial charge in [0, 0.05) is 21.8 Å². The molecule has 0 saturated heterocycles. The summed E-state index contributed by atoms with van der Waals surface area (Å²) in [6.07, 6.45) is 0. The fourth-order valence-corrected chi connectivity index (χ4v) is 3.36. The normalized spacial score (nSPS) is 10.3. The number of hydrogen-bond donors (Lipinski definition) is 1. The third-order valence-corrected chi connectivity index (χ3v) is 4.56. The molecule has 0 saturated carbocycles. The van der Waals surface area contributed by atoms with Gasteiger partial charge in [-0.05, 0) is 34.1 Å². The van der Waals surface area contributed by atoms with E-state index in [-0.39, 0.29) is 5.91 Å². The predicted octanol–water partition coefficient (Wildman–Crippen LogP) is 3.37. The molecule has 0 bridgehead atoms. The topological polar surface area (TPSA) is 55.6 Å². The molecule has 0 atom stereocenters. The van der Waals surface area contributed by atoms with Crippen LogP contribution in [0.1, 0.15) is 15.2 Å². The van der Waals surface area contributed by atoms with Crippen LogP contribution in [0.25, 0.3) is 0 Å². The van der Waals surface area contributed by atoms with Crippen LogP contribution in [0.2, 0.25) is 0 Å². The average Bonchev–Trinajstić information content (AvgIpc) is 2.83. The summed E-state index contributed by atoms with van der Waals surface area (Å²) in [4.78, 5) is 15.2. The van der Waals surface area contributed by atoms with Crippen molar-refractivity contribution < 1.29 is 9.53 Å². The minimum absolute atomic E-state index is 0.120. The number of halogens is 1. The molecule has 1 aromatic carbocycles. The number of rotatable bonds is 4. The van der Waals surface area contributed by atoms with Gasteiger partial charge in [0.2, 0.25) is 0 Å². The van der Waals surface area contributed by atoms with Gasteiger partial charge in [0.1, 0.15) is 5.75 Å². The van der Waals surface area contributed by atoms with Crippen molar-refractivity contribution in [2.75, 3.05) is 19.9 Å². The van der Waals surface area contributed by atoms with Crippen LogP contribution in [0.15, 0.2) is 34.1 Å². The monoisotopic (exact) mass is 354 g/mol. The molecule has 1 heterocycles. The maximum Gasteiger partial charge on any atom is 0.256 e. The molecular formula is C14H15BrN2O2S. The maximum atomic E-state index is 12.4. The van der Waals surface area contributed by atoms with Crippen molar-refractivity contribution in [1.29, 1.82) is 0 Å². The number of nitrogens with zero attached hydrogens (tertiary/aromatic N) is 1. The van der Waals surface area contributed by atoms with Crippen LogP contribution in [0.4, 0.5) is 5.69 Å². The number of benzene rings is 1. The lowest BCUT2D eigenvalue weighted by Gasteiger charge is -2.18. The quantitative estimate of drug-likeness (QED) is 0.856. The molecule has 2 aromatic rings. The number of amides is 1. The number of carbonyl (C=O) groups is 1. The molecule has 6 heteroatoms. The highest BCUT2D eigenvalue weighted by molar-refractivity contribution is 9.10. The van der Waals surface area contributed by atoms with E-state index in [4.69, 9.17) is 10.5 Å². The number of hydrogen-bond acceptors (Lipinski definition) is 4. The van der Waals surface area contributed by atoms with Gasteiger partial charge < -0.3 is 15.4 Å². The van der Waals surface area contributed by atoms with E-state index in [9.17, 15) is 4.79 Å². The molecule has 1 aromatic heterocycles. The summed E-state index contributed by atoms with van der Waals surface area (Å²) in [6.45, 7) is 0.547. The molecule has 2 rings (SSSR count). The van der Waals surface area contributed by atoms with Crippen LogP contribution < -0.4 is 10.5 Å². The minimum atomic E-state index is -0.120. The van der Waals surface area contributed by atoms with Gasteiger partial charge in [-0.2, -0.15) is 0 Å². The highest BCUT2D eigenvalue weighted by Crippen LogP contribution is 2.26. The first-order valence-electron chi connectivity index (χ1n) is 5.93. The standard InChI is InChI=1S/C14H15BrN2O2S/c1-17(7-10-6-9(15)8-20-10)14(18)11-4-3-5-12(19-2)13(11)16/h3-6,8H,7,16H2,1-2H3. The Kier molecular flexibility index (Phi) is 4.67. The van der Waals surface area contributed by atoms with Crippen molar-refractivity contribution >= 4 is 38.9 Å². The molecule has 0 aliphatic rings. The zero-order chi connectivity index (χ0) is 14.7. The van der Waals surface area contributed by atoms with E-state index in [0.717, 1.165) is 9.35 Å². The molecule has 106 valence electrons. The van der Waals surface area contributed by atoms with Gasteiger partial charge in [-0.25, -0.2) is 0 Å². The van der Waals surface area contributed by atoms with Crippen molar-refractivity contribution in [2.24, 2.45) is 0 Å². The average molecular weight is 355 g/mol. The molecule has 0 aliphatic heterocycles. The number of anilines is 1. The molecule has 1 amide bonds. The second-order valence-electron chi connectivity index (χ2n) is 4.31. The van der Waals surface area contributed by atoms with Gasteiger partial charge >= 0.3 is 0 Å². The zero-order valence-electron chi connectivity index (χ0n) is 11.2. The molecule has 0 aliphatic carbocycles. The van der Waals surface area contributed by atoms with Gasteiger partial charge in [-0.3, -0.25) is 4.79 Å². The van der Waals surface area contributed by atoms with Crippen molar-refractivity contribution in [1.82, 2.24) is 4.90 Å². The van der Waals surface area contributed by atoms with E-state index in [0.29, 0.717) is 23.5 Å². The van der Waals surface area contributed by atoms with E-state index in [1.807, 2.05) is 11.4 Å². The van der Waals surface area contributed by atoms with Gasteiger partial charge in [0.25, 0.3) is 5.91 Å². The lowest BCUT2D eigenvalue weighted by atomic mass is 10.1. The van der Waals surface area contributed by atoms with E-state index in [1.54, 1.807) is 41.5 Å². The summed E-state index contributed by atoms with van der Waals surface area (Å²) < 4.78 is 6.16. The number of para-hydroxylation sites is 1. The number of nitrogen functional groups attached to an aromatic ring is 1. The first-order chi connectivity index (χ1) is 9.52. The summed E-state index contributed by atoms with van der Waals surface area (Å²) >= 11 is 5.01. The molecule has 0 radical (unpaired) electrons. The van der Waals surface area contributed by atoms with Gasteiger partial charge in [-0.15, -0.1) is 11.3 Å². The fraction of sp³-hybridized carbons (Fsp3) is 0.214. The molecule has 2 N–H and O–H groups in total. The van der Waals surface area contributed by atoms with Crippen LogP contribution in [0, 0.1) is 0 Å². The predicted molar refractivity (Wildman–Crippen MR) is 85.2 cm³/mol. The van der Waals surface area contributed by atoms with E-state index in [1.165, 1.54) is 7.11 Å². The highest BCUT2D eigenvalue weighted by atomic mass is 79.9. The van der Waals surface area contributed by atoms with Gasteiger partial charge in [0.15, 0.2) is 0 Å². The Bertz CT molecular complexity index is 627. The minimum Gasteiger partial charge on any atom is -0.495 e. The highest BCUT2D eigenvalue weighted by Gasteiger charge is 2.17. The maximum absolute atomic E-state index is 12.4. The fourth-order valence-electron chi connectivity index (χ4n) is 1.86. The Morgan fingerprint density at radius 2 is 2.25 bits per heavy atom. The van der Waals surface area contributed by atoms with Crippen LogP contribution in [0.5, 0.6) is 5.75 Å². The Morgan fingerprint density at radius 3 is 2.85 bits per heavy atom. The Morgan fingerprint density at radius 1 is 1.50 bits per heavy atom. The Balaban J connectivity index is 2.18. The Hall–Kier alpha value is -1.53. The van der Waals surface area contributed by atoms with E-state index in [2.05, 4.69) is 15.9 Å². The van der Waals surface area contributed by atoms with Crippen LogP contribution in [0.3, 0.4) is 0 Å². The number of ether oxygens (including phenoxy) is 1. The summed E-state index contributed by atoms with van der Waals surface area (Å²) in [7, 11) is 3.29. The van der Waals surface area contributed by atoms with Crippen LogP contribution >= 0.6 is 27.3 Å². The van der Waals surface area contributed by atoms with Gasteiger partial charge in [-0.1, -0.05) is 6.07 Å². The molecule has 0 fully saturated rings. The lowest BCUT2D eigenvalue weighted by Crippen LogP contribution is -2.26. The summed E-state index contributed by atoms with van der Waals surface area (Å²) in [5, 5.41) is 1.99.